The second-order valence-corrected chi connectivity index (χ2v) is 5.88. The van der Waals surface area contributed by atoms with Gasteiger partial charge < -0.3 is 4.74 Å². The van der Waals surface area contributed by atoms with Gasteiger partial charge in [0.25, 0.3) is 0 Å². The third kappa shape index (κ3) is 5.03. The molecule has 16 heavy (non-hydrogen) atoms. The first-order valence-electron chi connectivity index (χ1n) is 6.53. The van der Waals surface area contributed by atoms with E-state index in [1.165, 1.54) is 25.7 Å². The maximum Gasteiger partial charge on any atom is 0.0593 e. The zero-order valence-electron chi connectivity index (χ0n) is 10.9. The summed E-state index contributed by atoms with van der Waals surface area (Å²) in [4.78, 5) is 2.37. The van der Waals surface area contributed by atoms with Crippen LogP contribution in [0.3, 0.4) is 0 Å². The van der Waals surface area contributed by atoms with Crippen LogP contribution < -0.4 is 0 Å². The number of hydrogen-bond donors (Lipinski definition) is 0. The molecule has 3 heteroatoms. The van der Waals surface area contributed by atoms with Crippen molar-refractivity contribution in [1.29, 1.82) is 0 Å². The van der Waals surface area contributed by atoms with Crippen LogP contribution in [0.15, 0.2) is 0 Å². The molecule has 0 N–H and O–H groups in total. The molecule has 1 rings (SSSR count). The summed E-state index contributed by atoms with van der Waals surface area (Å²) in [5.74, 6) is 0.626. The molecule has 0 amide bonds. The van der Waals surface area contributed by atoms with Gasteiger partial charge in [-0.25, -0.2) is 0 Å². The summed E-state index contributed by atoms with van der Waals surface area (Å²) in [6.45, 7) is 7.05. The van der Waals surface area contributed by atoms with E-state index < -0.39 is 0 Å². The van der Waals surface area contributed by atoms with E-state index in [9.17, 15) is 0 Å². The topological polar surface area (TPSA) is 12.5 Å². The van der Waals surface area contributed by atoms with E-state index in [1.54, 1.807) is 0 Å². The minimum Gasteiger partial charge on any atom is -0.380 e. The van der Waals surface area contributed by atoms with Crippen molar-refractivity contribution in [2.75, 3.05) is 26.8 Å². The van der Waals surface area contributed by atoms with Gasteiger partial charge >= 0.3 is 0 Å². The summed E-state index contributed by atoms with van der Waals surface area (Å²) in [6, 6.07) is 0.554. The largest absolute Gasteiger partial charge is 0.380 e. The molecule has 0 aromatic heterocycles. The van der Waals surface area contributed by atoms with Crippen molar-refractivity contribution < 1.29 is 4.74 Å². The molecule has 0 heterocycles. The van der Waals surface area contributed by atoms with Crippen LogP contribution in [0.5, 0.6) is 0 Å². The van der Waals surface area contributed by atoms with Crippen molar-refractivity contribution in [2.24, 2.45) is 5.92 Å². The van der Waals surface area contributed by atoms with Gasteiger partial charge in [0, 0.05) is 24.6 Å². The lowest BCUT2D eigenvalue weighted by Gasteiger charge is -2.34. The summed E-state index contributed by atoms with van der Waals surface area (Å²) >= 11 is 6.36. The maximum atomic E-state index is 6.36. The van der Waals surface area contributed by atoms with E-state index >= 15 is 0 Å². The summed E-state index contributed by atoms with van der Waals surface area (Å²) in [5, 5.41) is 0.337. The van der Waals surface area contributed by atoms with Gasteiger partial charge in [-0.2, -0.15) is 0 Å². The van der Waals surface area contributed by atoms with E-state index in [0.717, 1.165) is 19.8 Å². The first-order chi connectivity index (χ1) is 7.61. The Labute approximate surface area is 105 Å². The number of halogens is 1. The molecular weight excluding hydrogens is 222 g/mol. The standard InChI is InChI=1S/C13H26ClNO/c1-11(2)10-16-9-8-15(3)13-7-5-4-6-12(13)14/h11-13H,4-10H2,1-3H3. The highest BCUT2D eigenvalue weighted by Crippen LogP contribution is 2.26. The Bertz CT molecular complexity index is 187. The molecule has 1 saturated carbocycles. The second kappa shape index (κ2) is 7.52. The Balaban J connectivity index is 2.15. The SMILES string of the molecule is CC(C)COCCN(C)C1CCCCC1Cl. The third-order valence-electron chi connectivity index (χ3n) is 3.25. The molecule has 1 fully saturated rings. The van der Waals surface area contributed by atoms with Crippen molar-refractivity contribution >= 4 is 11.6 Å². The summed E-state index contributed by atoms with van der Waals surface area (Å²) in [7, 11) is 2.17. The Morgan fingerprint density at radius 1 is 1.31 bits per heavy atom. The number of rotatable bonds is 6. The van der Waals surface area contributed by atoms with Gasteiger partial charge in [-0.1, -0.05) is 26.7 Å². The Morgan fingerprint density at radius 2 is 2.00 bits per heavy atom. The molecule has 1 aliphatic carbocycles. The molecule has 0 aromatic carbocycles. The number of nitrogens with zero attached hydrogens (tertiary/aromatic N) is 1. The normalized spacial score (nSPS) is 26.6. The quantitative estimate of drug-likeness (QED) is 0.528. The molecule has 0 aliphatic heterocycles. The summed E-state index contributed by atoms with van der Waals surface area (Å²) in [6.07, 6.45) is 5.03. The highest BCUT2D eigenvalue weighted by atomic mass is 35.5. The van der Waals surface area contributed by atoms with E-state index in [-0.39, 0.29) is 0 Å². The zero-order valence-corrected chi connectivity index (χ0v) is 11.7. The molecule has 0 spiro atoms. The molecule has 0 aromatic rings. The van der Waals surface area contributed by atoms with Crippen LogP contribution in [0.4, 0.5) is 0 Å². The van der Waals surface area contributed by atoms with E-state index in [2.05, 4.69) is 25.8 Å². The molecule has 0 saturated heterocycles. The predicted molar refractivity (Wildman–Crippen MR) is 70.2 cm³/mol. The fourth-order valence-corrected chi connectivity index (χ4v) is 2.73. The molecular formula is C13H26ClNO. The fraction of sp³-hybridized carbons (Fsp3) is 1.00. The number of ether oxygens (including phenoxy) is 1. The lowest BCUT2D eigenvalue weighted by Crippen LogP contribution is -2.42. The van der Waals surface area contributed by atoms with Crippen molar-refractivity contribution in [3.8, 4) is 0 Å². The third-order valence-corrected chi connectivity index (χ3v) is 3.76. The zero-order chi connectivity index (χ0) is 12.0. The van der Waals surface area contributed by atoms with Crippen LogP contribution in [-0.4, -0.2) is 43.1 Å². The van der Waals surface area contributed by atoms with Gasteiger partial charge in [0.15, 0.2) is 0 Å². The Kier molecular flexibility index (Phi) is 6.71. The van der Waals surface area contributed by atoms with Crippen LogP contribution in [0, 0.1) is 5.92 Å². The number of alkyl halides is 1. The average Bonchev–Trinajstić information content (AvgIpc) is 2.24. The summed E-state index contributed by atoms with van der Waals surface area (Å²) in [5.41, 5.74) is 0. The lowest BCUT2D eigenvalue weighted by molar-refractivity contribution is 0.0758. The number of hydrogen-bond acceptors (Lipinski definition) is 2. The van der Waals surface area contributed by atoms with Crippen LogP contribution in [0.2, 0.25) is 0 Å². The van der Waals surface area contributed by atoms with E-state index in [4.69, 9.17) is 16.3 Å². The molecule has 0 radical (unpaired) electrons. The number of likely N-dealkylation sites (N-methyl/N-ethyl adjacent to an activating group) is 1. The van der Waals surface area contributed by atoms with Crippen molar-refractivity contribution in [3.05, 3.63) is 0 Å². The Morgan fingerprint density at radius 3 is 2.62 bits per heavy atom. The summed E-state index contributed by atoms with van der Waals surface area (Å²) < 4.78 is 5.61. The Hall–Kier alpha value is 0.210. The minimum atomic E-state index is 0.337. The van der Waals surface area contributed by atoms with Crippen LogP contribution in [-0.2, 0) is 4.74 Å². The first-order valence-corrected chi connectivity index (χ1v) is 6.97. The van der Waals surface area contributed by atoms with Crippen LogP contribution >= 0.6 is 11.6 Å². The van der Waals surface area contributed by atoms with E-state index in [1.807, 2.05) is 0 Å². The highest BCUT2D eigenvalue weighted by Gasteiger charge is 2.26. The van der Waals surface area contributed by atoms with Gasteiger partial charge in [0.2, 0.25) is 0 Å². The molecule has 0 bridgehead atoms. The smallest absolute Gasteiger partial charge is 0.0593 e. The molecule has 2 atom stereocenters. The molecule has 96 valence electrons. The van der Waals surface area contributed by atoms with Gasteiger partial charge in [-0.05, 0) is 25.8 Å². The van der Waals surface area contributed by atoms with Gasteiger partial charge in [-0.15, -0.1) is 11.6 Å². The van der Waals surface area contributed by atoms with Crippen LogP contribution in [0.1, 0.15) is 39.5 Å². The lowest BCUT2D eigenvalue weighted by atomic mass is 9.94. The van der Waals surface area contributed by atoms with Gasteiger partial charge in [-0.3, -0.25) is 4.90 Å². The van der Waals surface area contributed by atoms with Gasteiger partial charge in [0.05, 0.1) is 6.61 Å². The van der Waals surface area contributed by atoms with Crippen molar-refractivity contribution in [3.63, 3.8) is 0 Å². The maximum absolute atomic E-state index is 6.36. The molecule has 2 nitrogen and oxygen atoms in total. The second-order valence-electron chi connectivity index (χ2n) is 5.32. The highest BCUT2D eigenvalue weighted by molar-refractivity contribution is 6.21. The first kappa shape index (κ1) is 14.3. The van der Waals surface area contributed by atoms with Crippen molar-refractivity contribution in [2.45, 2.75) is 50.9 Å². The molecule has 1 aliphatic rings. The van der Waals surface area contributed by atoms with Gasteiger partial charge in [0.1, 0.15) is 0 Å². The van der Waals surface area contributed by atoms with Crippen LogP contribution in [0.25, 0.3) is 0 Å². The molecule has 2 unspecified atom stereocenters. The predicted octanol–water partition coefficient (Wildman–Crippen LogP) is 3.14. The average molecular weight is 248 g/mol. The monoisotopic (exact) mass is 247 g/mol. The van der Waals surface area contributed by atoms with Crippen molar-refractivity contribution in [1.82, 2.24) is 4.90 Å². The van der Waals surface area contributed by atoms with E-state index in [0.29, 0.717) is 17.3 Å². The minimum absolute atomic E-state index is 0.337. The fourth-order valence-electron chi connectivity index (χ4n) is 2.26.